The molecular weight excluding hydrogens is 280 g/mol. The third kappa shape index (κ3) is 5.05. The van der Waals surface area contributed by atoms with Crippen LogP contribution in [0.1, 0.15) is 19.4 Å². The molecule has 0 spiro atoms. The Morgan fingerprint density at radius 3 is 2.32 bits per heavy atom. The van der Waals surface area contributed by atoms with Crippen LogP contribution < -0.4 is 15.4 Å². The smallest absolute Gasteiger partial charge is 0.263 e. The van der Waals surface area contributed by atoms with Crippen LogP contribution in [0.15, 0.2) is 36.4 Å². The standard InChI is InChI=1S/C16H20N4O2/c1-11(2)17-14-8-9-15(20-19-14)18-16(21)10-22-13-6-4-12(3)5-7-13/h4-9,11H,10H2,1-3H3,(H,17,19)(H,18,20,21). The van der Waals surface area contributed by atoms with Gasteiger partial charge in [-0.2, -0.15) is 0 Å². The van der Waals surface area contributed by atoms with Crippen molar-refractivity contribution in [3.63, 3.8) is 0 Å². The minimum absolute atomic E-state index is 0.0727. The summed E-state index contributed by atoms with van der Waals surface area (Å²) < 4.78 is 5.40. The van der Waals surface area contributed by atoms with Crippen LogP contribution in [0.4, 0.5) is 11.6 Å². The average molecular weight is 300 g/mol. The van der Waals surface area contributed by atoms with Crippen LogP contribution in [0.5, 0.6) is 5.75 Å². The van der Waals surface area contributed by atoms with Gasteiger partial charge in [0, 0.05) is 6.04 Å². The normalized spacial score (nSPS) is 10.4. The zero-order chi connectivity index (χ0) is 15.9. The van der Waals surface area contributed by atoms with Gasteiger partial charge in [0.05, 0.1) is 0 Å². The van der Waals surface area contributed by atoms with Gasteiger partial charge in [-0.25, -0.2) is 0 Å². The van der Waals surface area contributed by atoms with Gasteiger partial charge in [0.25, 0.3) is 5.91 Å². The molecule has 0 aliphatic heterocycles. The molecule has 0 aliphatic carbocycles. The fourth-order valence-corrected chi connectivity index (χ4v) is 1.73. The van der Waals surface area contributed by atoms with Gasteiger partial charge in [-0.15, -0.1) is 10.2 Å². The van der Waals surface area contributed by atoms with Crippen LogP contribution in [-0.4, -0.2) is 28.8 Å². The fraction of sp³-hybridized carbons (Fsp3) is 0.312. The Labute approximate surface area is 129 Å². The van der Waals surface area contributed by atoms with Gasteiger partial charge >= 0.3 is 0 Å². The number of carbonyl (C=O) groups excluding carboxylic acids is 1. The molecule has 1 amide bonds. The number of nitrogens with zero attached hydrogens (tertiary/aromatic N) is 2. The van der Waals surface area contributed by atoms with Crippen molar-refractivity contribution in [2.24, 2.45) is 0 Å². The molecule has 0 bridgehead atoms. The van der Waals surface area contributed by atoms with Crippen molar-refractivity contribution in [1.29, 1.82) is 0 Å². The molecule has 2 N–H and O–H groups in total. The first-order chi connectivity index (χ1) is 10.5. The van der Waals surface area contributed by atoms with E-state index < -0.39 is 0 Å². The Balaban J connectivity index is 1.82. The summed E-state index contributed by atoms with van der Waals surface area (Å²) in [6.45, 7) is 5.95. The summed E-state index contributed by atoms with van der Waals surface area (Å²) in [7, 11) is 0. The van der Waals surface area contributed by atoms with Gasteiger partial charge in [-0.3, -0.25) is 4.79 Å². The van der Waals surface area contributed by atoms with Gasteiger partial charge in [-0.1, -0.05) is 17.7 Å². The molecule has 0 aliphatic rings. The first-order valence-corrected chi connectivity index (χ1v) is 7.12. The third-order valence-corrected chi connectivity index (χ3v) is 2.76. The van der Waals surface area contributed by atoms with Gasteiger partial charge in [0.2, 0.25) is 0 Å². The van der Waals surface area contributed by atoms with Crippen molar-refractivity contribution in [3.05, 3.63) is 42.0 Å². The zero-order valence-corrected chi connectivity index (χ0v) is 13.0. The predicted molar refractivity (Wildman–Crippen MR) is 86.1 cm³/mol. The molecular formula is C16H20N4O2. The molecule has 116 valence electrons. The van der Waals surface area contributed by atoms with Crippen LogP contribution in [-0.2, 0) is 4.79 Å². The van der Waals surface area contributed by atoms with Crippen LogP contribution in [0.25, 0.3) is 0 Å². The molecule has 0 saturated heterocycles. The quantitative estimate of drug-likeness (QED) is 0.857. The molecule has 1 heterocycles. The predicted octanol–water partition coefficient (Wildman–Crippen LogP) is 2.62. The number of nitrogens with one attached hydrogen (secondary N) is 2. The van der Waals surface area contributed by atoms with Gasteiger partial charge in [-0.05, 0) is 45.0 Å². The van der Waals surface area contributed by atoms with E-state index in [0.29, 0.717) is 17.4 Å². The maximum Gasteiger partial charge on any atom is 0.263 e. The molecule has 0 atom stereocenters. The zero-order valence-electron chi connectivity index (χ0n) is 13.0. The van der Waals surface area contributed by atoms with E-state index >= 15 is 0 Å². The van der Waals surface area contributed by atoms with Gasteiger partial charge in [0.1, 0.15) is 11.6 Å². The number of aromatic nitrogens is 2. The van der Waals surface area contributed by atoms with Crippen LogP contribution >= 0.6 is 0 Å². The van der Waals surface area contributed by atoms with Gasteiger partial charge < -0.3 is 15.4 Å². The van der Waals surface area contributed by atoms with E-state index in [1.54, 1.807) is 12.1 Å². The van der Waals surface area contributed by atoms with Gasteiger partial charge in [0.15, 0.2) is 12.4 Å². The SMILES string of the molecule is Cc1ccc(OCC(=O)Nc2ccc(NC(C)C)nn2)cc1. The van der Waals surface area contributed by atoms with E-state index in [1.807, 2.05) is 45.0 Å². The minimum atomic E-state index is -0.278. The van der Waals surface area contributed by atoms with Crippen LogP contribution in [0.3, 0.4) is 0 Å². The molecule has 0 saturated carbocycles. The maximum atomic E-state index is 11.8. The summed E-state index contributed by atoms with van der Waals surface area (Å²) in [6.07, 6.45) is 0. The minimum Gasteiger partial charge on any atom is -0.484 e. The summed E-state index contributed by atoms with van der Waals surface area (Å²) in [4.78, 5) is 11.8. The Bertz CT molecular complexity index is 609. The monoisotopic (exact) mass is 300 g/mol. The maximum absolute atomic E-state index is 11.8. The molecule has 0 unspecified atom stereocenters. The average Bonchev–Trinajstić information content (AvgIpc) is 2.48. The largest absolute Gasteiger partial charge is 0.484 e. The Kier molecular flexibility index (Phi) is 5.30. The first-order valence-electron chi connectivity index (χ1n) is 7.12. The van der Waals surface area contributed by atoms with E-state index in [4.69, 9.17) is 4.74 Å². The van der Waals surface area contributed by atoms with Crippen molar-refractivity contribution in [3.8, 4) is 5.75 Å². The fourth-order valence-electron chi connectivity index (χ4n) is 1.73. The van der Waals surface area contributed by atoms with Crippen molar-refractivity contribution >= 4 is 17.5 Å². The topological polar surface area (TPSA) is 76.1 Å². The van der Waals surface area contributed by atoms with E-state index in [2.05, 4.69) is 20.8 Å². The number of amides is 1. The lowest BCUT2D eigenvalue weighted by Gasteiger charge is -2.09. The number of hydrogen-bond donors (Lipinski definition) is 2. The molecule has 1 aromatic heterocycles. The van der Waals surface area contributed by atoms with E-state index in [0.717, 1.165) is 5.56 Å². The molecule has 6 nitrogen and oxygen atoms in total. The number of benzene rings is 1. The summed E-state index contributed by atoms with van der Waals surface area (Å²) in [5.41, 5.74) is 1.14. The molecule has 1 aromatic carbocycles. The molecule has 0 fully saturated rings. The highest BCUT2D eigenvalue weighted by Crippen LogP contribution is 2.11. The molecule has 0 radical (unpaired) electrons. The second-order valence-corrected chi connectivity index (χ2v) is 5.25. The second-order valence-electron chi connectivity index (χ2n) is 5.25. The van der Waals surface area contributed by atoms with Crippen molar-refractivity contribution in [2.45, 2.75) is 26.8 Å². The summed E-state index contributed by atoms with van der Waals surface area (Å²) in [5.74, 6) is 1.44. The van der Waals surface area contributed by atoms with Crippen molar-refractivity contribution < 1.29 is 9.53 Å². The summed E-state index contributed by atoms with van der Waals surface area (Å²) in [6, 6.07) is 11.3. The Morgan fingerprint density at radius 1 is 1.09 bits per heavy atom. The molecule has 22 heavy (non-hydrogen) atoms. The highest BCUT2D eigenvalue weighted by Gasteiger charge is 2.06. The Hall–Kier alpha value is -2.63. The lowest BCUT2D eigenvalue weighted by Crippen LogP contribution is -2.21. The van der Waals surface area contributed by atoms with E-state index in [9.17, 15) is 4.79 Å². The summed E-state index contributed by atoms with van der Waals surface area (Å²) >= 11 is 0. The lowest BCUT2D eigenvalue weighted by molar-refractivity contribution is -0.118. The van der Waals surface area contributed by atoms with E-state index in [-0.39, 0.29) is 18.6 Å². The molecule has 2 rings (SSSR count). The number of aryl methyl sites for hydroxylation is 1. The number of hydrogen-bond acceptors (Lipinski definition) is 5. The van der Waals surface area contributed by atoms with Crippen LogP contribution in [0, 0.1) is 6.92 Å². The lowest BCUT2D eigenvalue weighted by atomic mass is 10.2. The number of rotatable bonds is 6. The Morgan fingerprint density at radius 2 is 1.73 bits per heavy atom. The number of ether oxygens (including phenoxy) is 1. The van der Waals surface area contributed by atoms with Crippen molar-refractivity contribution in [1.82, 2.24) is 10.2 Å². The summed E-state index contributed by atoms with van der Waals surface area (Å²) in [5, 5.41) is 13.7. The first kappa shape index (κ1) is 15.8. The molecule has 2 aromatic rings. The molecule has 6 heteroatoms. The third-order valence-electron chi connectivity index (χ3n) is 2.76. The highest BCUT2D eigenvalue weighted by molar-refractivity contribution is 5.90. The van der Waals surface area contributed by atoms with Crippen molar-refractivity contribution in [2.75, 3.05) is 17.2 Å². The highest BCUT2D eigenvalue weighted by atomic mass is 16.5. The second kappa shape index (κ2) is 7.40. The number of anilines is 2. The van der Waals surface area contributed by atoms with Crippen LogP contribution in [0.2, 0.25) is 0 Å². The number of carbonyl (C=O) groups is 1. The van der Waals surface area contributed by atoms with E-state index in [1.165, 1.54) is 0 Å².